The third-order valence-corrected chi connectivity index (χ3v) is 4.81. The van der Waals surface area contributed by atoms with Gasteiger partial charge in [0, 0.05) is 13.1 Å². The molecule has 2 heterocycles. The molecule has 1 saturated heterocycles. The van der Waals surface area contributed by atoms with Crippen LogP contribution in [0.5, 0.6) is 0 Å². The van der Waals surface area contributed by atoms with Crippen LogP contribution in [0.1, 0.15) is 31.7 Å². The molecule has 0 bridgehead atoms. The zero-order valence-electron chi connectivity index (χ0n) is 12.8. The van der Waals surface area contributed by atoms with Gasteiger partial charge in [-0.15, -0.1) is 0 Å². The summed E-state index contributed by atoms with van der Waals surface area (Å²) < 4.78 is 0. The van der Waals surface area contributed by atoms with Crippen molar-refractivity contribution >= 4 is 5.91 Å². The van der Waals surface area contributed by atoms with Gasteiger partial charge in [-0.05, 0) is 44.8 Å². The first-order valence-corrected chi connectivity index (χ1v) is 7.94. The van der Waals surface area contributed by atoms with E-state index in [1.54, 1.807) is 0 Å². The highest BCUT2D eigenvalue weighted by atomic mass is 16.2. The molecule has 1 amide bonds. The minimum Gasteiger partial charge on any atom is -0.338 e. The standard InChI is InChI=1S/C18H24N2O/c1-15-6-5-13-20(14-15)17(21)18(9-11-19-12-10-18)16-7-3-2-4-8-16/h2-4,6-8,19H,5,9-14H2,1H3. The van der Waals surface area contributed by atoms with Crippen molar-refractivity contribution in [2.45, 2.75) is 31.6 Å². The molecule has 1 aromatic rings. The lowest BCUT2D eigenvalue weighted by Gasteiger charge is -2.41. The highest BCUT2D eigenvalue weighted by molar-refractivity contribution is 5.89. The molecule has 0 spiro atoms. The molecular weight excluding hydrogens is 260 g/mol. The lowest BCUT2D eigenvalue weighted by molar-refractivity contribution is -0.138. The van der Waals surface area contributed by atoms with Gasteiger partial charge in [-0.25, -0.2) is 0 Å². The van der Waals surface area contributed by atoms with Gasteiger partial charge >= 0.3 is 0 Å². The fraction of sp³-hybridized carbons (Fsp3) is 0.500. The van der Waals surface area contributed by atoms with E-state index in [2.05, 4.69) is 35.3 Å². The Balaban J connectivity index is 1.92. The maximum absolute atomic E-state index is 13.3. The first-order valence-electron chi connectivity index (χ1n) is 7.94. The molecule has 3 rings (SSSR count). The molecule has 112 valence electrons. The Bertz CT molecular complexity index is 529. The lowest BCUT2D eigenvalue weighted by atomic mass is 9.72. The number of nitrogens with one attached hydrogen (secondary N) is 1. The highest BCUT2D eigenvalue weighted by Crippen LogP contribution is 2.36. The quantitative estimate of drug-likeness (QED) is 0.846. The van der Waals surface area contributed by atoms with Crippen LogP contribution in [0.15, 0.2) is 42.0 Å². The second-order valence-electron chi connectivity index (χ2n) is 6.26. The molecular formula is C18H24N2O. The zero-order valence-corrected chi connectivity index (χ0v) is 12.8. The van der Waals surface area contributed by atoms with Crippen molar-refractivity contribution in [2.24, 2.45) is 0 Å². The van der Waals surface area contributed by atoms with Gasteiger partial charge in [-0.3, -0.25) is 4.79 Å². The van der Waals surface area contributed by atoms with Gasteiger partial charge in [0.25, 0.3) is 0 Å². The number of nitrogens with zero attached hydrogens (tertiary/aromatic N) is 1. The van der Waals surface area contributed by atoms with Crippen LogP contribution >= 0.6 is 0 Å². The van der Waals surface area contributed by atoms with Crippen LogP contribution in [0.25, 0.3) is 0 Å². The van der Waals surface area contributed by atoms with Crippen LogP contribution in [0.3, 0.4) is 0 Å². The molecule has 0 atom stereocenters. The van der Waals surface area contributed by atoms with Gasteiger partial charge in [0.05, 0.1) is 5.41 Å². The average molecular weight is 284 g/mol. The van der Waals surface area contributed by atoms with Gasteiger partial charge in [0.1, 0.15) is 0 Å². The highest BCUT2D eigenvalue weighted by Gasteiger charge is 2.43. The zero-order chi connectivity index (χ0) is 14.7. The van der Waals surface area contributed by atoms with Crippen LogP contribution in [0.2, 0.25) is 0 Å². The smallest absolute Gasteiger partial charge is 0.233 e. The molecule has 0 aromatic heterocycles. The van der Waals surface area contributed by atoms with Gasteiger partial charge in [-0.1, -0.05) is 42.0 Å². The predicted molar refractivity (Wildman–Crippen MR) is 85.2 cm³/mol. The number of hydrogen-bond acceptors (Lipinski definition) is 2. The van der Waals surface area contributed by atoms with E-state index >= 15 is 0 Å². The number of carbonyl (C=O) groups is 1. The van der Waals surface area contributed by atoms with E-state index in [9.17, 15) is 4.79 Å². The Labute approximate surface area is 127 Å². The second-order valence-corrected chi connectivity index (χ2v) is 6.26. The number of amides is 1. The normalized spacial score (nSPS) is 21.8. The molecule has 3 heteroatoms. The summed E-state index contributed by atoms with van der Waals surface area (Å²) in [5.74, 6) is 0.322. The van der Waals surface area contributed by atoms with Gasteiger partial charge in [0.2, 0.25) is 5.91 Å². The minimum absolute atomic E-state index is 0.322. The van der Waals surface area contributed by atoms with Gasteiger partial charge < -0.3 is 10.2 Å². The van der Waals surface area contributed by atoms with Crippen molar-refractivity contribution in [3.8, 4) is 0 Å². The Morgan fingerprint density at radius 1 is 1.19 bits per heavy atom. The number of carbonyl (C=O) groups excluding carboxylic acids is 1. The molecule has 0 unspecified atom stereocenters. The van der Waals surface area contributed by atoms with Crippen LogP contribution < -0.4 is 5.32 Å². The third kappa shape index (κ3) is 2.75. The van der Waals surface area contributed by atoms with Crippen LogP contribution in [0, 0.1) is 0 Å². The van der Waals surface area contributed by atoms with E-state index in [1.165, 1.54) is 11.1 Å². The number of hydrogen-bond donors (Lipinski definition) is 1. The molecule has 1 fully saturated rings. The van der Waals surface area contributed by atoms with E-state index in [1.807, 2.05) is 18.2 Å². The summed E-state index contributed by atoms with van der Waals surface area (Å²) in [6.07, 6.45) is 5.03. The Kier molecular flexibility index (Phi) is 4.11. The van der Waals surface area contributed by atoms with Crippen LogP contribution in [-0.2, 0) is 10.2 Å². The molecule has 0 aliphatic carbocycles. The van der Waals surface area contributed by atoms with Crippen molar-refractivity contribution in [2.75, 3.05) is 26.2 Å². The number of rotatable bonds is 2. The average Bonchev–Trinajstić information content (AvgIpc) is 2.55. The molecule has 0 saturated carbocycles. The SMILES string of the molecule is CC1=CCCN(C(=O)C2(c3ccccc3)CCNCC2)C1. The van der Waals surface area contributed by atoms with E-state index in [4.69, 9.17) is 0 Å². The maximum atomic E-state index is 13.3. The second kappa shape index (κ2) is 6.02. The maximum Gasteiger partial charge on any atom is 0.233 e. The van der Waals surface area contributed by atoms with E-state index < -0.39 is 0 Å². The third-order valence-electron chi connectivity index (χ3n) is 4.81. The first-order chi connectivity index (χ1) is 10.2. The predicted octanol–water partition coefficient (Wildman–Crippen LogP) is 2.49. The van der Waals surface area contributed by atoms with Crippen molar-refractivity contribution in [3.05, 3.63) is 47.5 Å². The summed E-state index contributed by atoms with van der Waals surface area (Å²) in [6, 6.07) is 10.4. The van der Waals surface area contributed by atoms with E-state index in [0.29, 0.717) is 5.91 Å². The molecule has 1 aromatic carbocycles. The molecule has 2 aliphatic rings. The molecule has 21 heavy (non-hydrogen) atoms. The van der Waals surface area contributed by atoms with Crippen molar-refractivity contribution in [1.29, 1.82) is 0 Å². The fourth-order valence-corrected chi connectivity index (χ4v) is 3.62. The molecule has 3 nitrogen and oxygen atoms in total. The van der Waals surface area contributed by atoms with Gasteiger partial charge in [-0.2, -0.15) is 0 Å². The number of piperidine rings is 1. The van der Waals surface area contributed by atoms with E-state index in [-0.39, 0.29) is 5.41 Å². The Morgan fingerprint density at radius 3 is 2.57 bits per heavy atom. The lowest BCUT2D eigenvalue weighted by Crippen LogP contribution is -2.53. The van der Waals surface area contributed by atoms with Crippen molar-refractivity contribution in [3.63, 3.8) is 0 Å². The van der Waals surface area contributed by atoms with Crippen LogP contribution in [-0.4, -0.2) is 37.0 Å². The first kappa shape index (κ1) is 14.3. The summed E-state index contributed by atoms with van der Waals surface area (Å²) >= 11 is 0. The summed E-state index contributed by atoms with van der Waals surface area (Å²) in [5, 5.41) is 3.39. The largest absolute Gasteiger partial charge is 0.338 e. The summed E-state index contributed by atoms with van der Waals surface area (Å²) in [7, 11) is 0. The van der Waals surface area contributed by atoms with E-state index in [0.717, 1.165) is 45.4 Å². The summed E-state index contributed by atoms with van der Waals surface area (Å²) in [4.78, 5) is 15.4. The summed E-state index contributed by atoms with van der Waals surface area (Å²) in [6.45, 7) is 5.61. The van der Waals surface area contributed by atoms with Gasteiger partial charge in [0.15, 0.2) is 0 Å². The molecule has 1 N–H and O–H groups in total. The molecule has 2 aliphatic heterocycles. The monoisotopic (exact) mass is 284 g/mol. The van der Waals surface area contributed by atoms with Crippen molar-refractivity contribution in [1.82, 2.24) is 10.2 Å². The van der Waals surface area contributed by atoms with Crippen LogP contribution in [0.4, 0.5) is 0 Å². The Hall–Kier alpha value is -1.61. The Morgan fingerprint density at radius 2 is 1.90 bits per heavy atom. The molecule has 0 radical (unpaired) electrons. The minimum atomic E-state index is -0.329. The number of benzene rings is 1. The fourth-order valence-electron chi connectivity index (χ4n) is 3.62. The van der Waals surface area contributed by atoms with Crippen molar-refractivity contribution < 1.29 is 4.79 Å². The summed E-state index contributed by atoms with van der Waals surface area (Å²) in [5.41, 5.74) is 2.17. The topological polar surface area (TPSA) is 32.3 Å².